The highest BCUT2D eigenvalue weighted by molar-refractivity contribution is 7.11. The molecule has 3 rings (SSSR count). The summed E-state index contributed by atoms with van der Waals surface area (Å²) in [5.41, 5.74) is 1.27. The van der Waals surface area contributed by atoms with Crippen LogP contribution >= 0.6 is 11.3 Å². The van der Waals surface area contributed by atoms with Crippen molar-refractivity contribution >= 4 is 17.2 Å². The van der Waals surface area contributed by atoms with Gasteiger partial charge in [-0.3, -0.25) is 4.79 Å². The van der Waals surface area contributed by atoms with Gasteiger partial charge < -0.3 is 9.64 Å². The molecule has 1 aliphatic rings. The van der Waals surface area contributed by atoms with E-state index in [0.717, 1.165) is 6.07 Å². The summed E-state index contributed by atoms with van der Waals surface area (Å²) in [6, 6.07) is 3.50. The quantitative estimate of drug-likeness (QED) is 0.860. The Balaban J connectivity index is 1.59. The Morgan fingerprint density at radius 2 is 2.13 bits per heavy atom. The number of rotatable bonds is 3. The summed E-state index contributed by atoms with van der Waals surface area (Å²) in [5.74, 6) is -0.229. The van der Waals surface area contributed by atoms with Crippen molar-refractivity contribution in [2.24, 2.45) is 0 Å². The van der Waals surface area contributed by atoms with Crippen LogP contribution in [0.1, 0.15) is 21.1 Å². The summed E-state index contributed by atoms with van der Waals surface area (Å²) in [4.78, 5) is 21.8. The monoisotopic (exact) mass is 343 g/mol. The van der Waals surface area contributed by atoms with E-state index in [2.05, 4.69) is 9.97 Å². The number of halogens is 3. The fourth-order valence-electron chi connectivity index (χ4n) is 2.14. The molecule has 122 valence electrons. The van der Waals surface area contributed by atoms with Crippen molar-refractivity contribution in [1.29, 1.82) is 0 Å². The van der Waals surface area contributed by atoms with Gasteiger partial charge >= 0.3 is 6.18 Å². The van der Waals surface area contributed by atoms with E-state index in [9.17, 15) is 18.0 Å². The minimum Gasteiger partial charge on any atom is -0.471 e. The van der Waals surface area contributed by atoms with Crippen LogP contribution in [0, 0.1) is 6.92 Å². The number of aromatic nitrogens is 2. The highest BCUT2D eigenvalue weighted by Gasteiger charge is 2.36. The van der Waals surface area contributed by atoms with Gasteiger partial charge in [-0.05, 0) is 13.0 Å². The molecule has 2 aromatic heterocycles. The summed E-state index contributed by atoms with van der Waals surface area (Å²) in [7, 11) is 0. The van der Waals surface area contributed by atoms with Crippen molar-refractivity contribution in [2.75, 3.05) is 13.1 Å². The highest BCUT2D eigenvalue weighted by atomic mass is 32.1. The number of ether oxygens (including phenoxy) is 1. The van der Waals surface area contributed by atoms with Crippen molar-refractivity contribution in [2.45, 2.75) is 19.2 Å². The smallest absolute Gasteiger partial charge is 0.433 e. The molecular weight excluding hydrogens is 331 g/mol. The van der Waals surface area contributed by atoms with Gasteiger partial charge in [-0.25, -0.2) is 9.97 Å². The molecule has 0 saturated carbocycles. The van der Waals surface area contributed by atoms with Crippen molar-refractivity contribution in [3.05, 3.63) is 40.0 Å². The summed E-state index contributed by atoms with van der Waals surface area (Å²) in [6.45, 7) is 2.38. The Bertz CT molecular complexity index is 726. The number of nitrogens with zero attached hydrogens (tertiary/aromatic N) is 3. The third-order valence-electron chi connectivity index (χ3n) is 3.38. The normalized spacial score (nSPS) is 15.4. The summed E-state index contributed by atoms with van der Waals surface area (Å²) in [5, 5.41) is 0. The number of thiazole rings is 1. The molecule has 3 heterocycles. The third kappa shape index (κ3) is 3.29. The molecule has 1 fully saturated rings. The Labute approximate surface area is 133 Å². The fourth-order valence-corrected chi connectivity index (χ4v) is 2.91. The topological polar surface area (TPSA) is 55.3 Å². The molecule has 1 aliphatic heterocycles. The van der Waals surface area contributed by atoms with E-state index in [1.165, 1.54) is 23.5 Å². The lowest BCUT2D eigenvalue weighted by molar-refractivity contribution is -0.141. The molecule has 0 atom stereocenters. The number of amides is 1. The van der Waals surface area contributed by atoms with Crippen molar-refractivity contribution in [3.63, 3.8) is 0 Å². The van der Waals surface area contributed by atoms with E-state index in [0.29, 0.717) is 23.7 Å². The van der Waals surface area contributed by atoms with Gasteiger partial charge in [0.1, 0.15) is 16.7 Å². The van der Waals surface area contributed by atoms with Crippen molar-refractivity contribution < 1.29 is 22.7 Å². The Hall–Kier alpha value is -2.16. The zero-order valence-corrected chi connectivity index (χ0v) is 12.8. The average molecular weight is 343 g/mol. The lowest BCUT2D eigenvalue weighted by Gasteiger charge is -2.38. The van der Waals surface area contributed by atoms with E-state index in [-0.39, 0.29) is 17.9 Å². The van der Waals surface area contributed by atoms with Gasteiger partial charge in [0.25, 0.3) is 5.91 Å². The van der Waals surface area contributed by atoms with E-state index in [4.69, 9.17) is 4.74 Å². The molecule has 2 aromatic rings. The minimum absolute atomic E-state index is 0.0918. The Morgan fingerprint density at radius 3 is 2.74 bits per heavy atom. The number of carbonyl (C=O) groups excluding carboxylic acids is 1. The number of pyridine rings is 1. The van der Waals surface area contributed by atoms with Crippen LogP contribution in [0.3, 0.4) is 0 Å². The largest absolute Gasteiger partial charge is 0.471 e. The molecule has 23 heavy (non-hydrogen) atoms. The first-order chi connectivity index (χ1) is 10.8. The van der Waals surface area contributed by atoms with E-state index < -0.39 is 11.9 Å². The maximum absolute atomic E-state index is 12.6. The zero-order chi connectivity index (χ0) is 16.6. The molecule has 9 heteroatoms. The Kier molecular flexibility index (Phi) is 3.97. The molecule has 1 saturated heterocycles. The second kappa shape index (κ2) is 5.80. The fraction of sp³-hybridized carbons (Fsp3) is 0.357. The maximum atomic E-state index is 12.6. The number of hydrogen-bond acceptors (Lipinski definition) is 5. The van der Waals surface area contributed by atoms with Crippen LogP contribution in [0.25, 0.3) is 0 Å². The van der Waals surface area contributed by atoms with Crippen LogP contribution < -0.4 is 4.74 Å². The van der Waals surface area contributed by atoms with Crippen molar-refractivity contribution in [3.8, 4) is 5.88 Å². The van der Waals surface area contributed by atoms with Gasteiger partial charge in [0.2, 0.25) is 5.88 Å². The van der Waals surface area contributed by atoms with Crippen molar-refractivity contribution in [1.82, 2.24) is 14.9 Å². The molecule has 0 radical (unpaired) electrons. The van der Waals surface area contributed by atoms with Gasteiger partial charge in [0, 0.05) is 6.07 Å². The van der Waals surface area contributed by atoms with E-state index >= 15 is 0 Å². The molecule has 0 bridgehead atoms. The van der Waals surface area contributed by atoms with Crippen LogP contribution in [0.2, 0.25) is 0 Å². The number of aryl methyl sites for hydroxylation is 1. The lowest BCUT2D eigenvalue weighted by Crippen LogP contribution is -2.56. The van der Waals surface area contributed by atoms with Crippen LogP contribution in [0.4, 0.5) is 13.2 Å². The number of carbonyl (C=O) groups is 1. The first kappa shape index (κ1) is 15.7. The predicted molar refractivity (Wildman–Crippen MR) is 76.4 cm³/mol. The van der Waals surface area contributed by atoms with Gasteiger partial charge in [-0.2, -0.15) is 13.2 Å². The molecule has 0 unspecified atom stereocenters. The maximum Gasteiger partial charge on any atom is 0.433 e. The lowest BCUT2D eigenvalue weighted by atomic mass is 10.1. The number of hydrogen-bond donors (Lipinski definition) is 0. The molecule has 0 aliphatic carbocycles. The van der Waals surface area contributed by atoms with Crippen LogP contribution in [-0.4, -0.2) is 40.0 Å². The van der Waals surface area contributed by atoms with Gasteiger partial charge in [-0.15, -0.1) is 11.3 Å². The Morgan fingerprint density at radius 1 is 1.39 bits per heavy atom. The second-order valence-electron chi connectivity index (χ2n) is 5.08. The SMILES string of the molecule is Cc1ncsc1C(=O)N1CC(Oc2cccc(C(F)(F)F)n2)C1. The molecule has 5 nitrogen and oxygen atoms in total. The summed E-state index contributed by atoms with van der Waals surface area (Å²) < 4.78 is 43.2. The molecule has 0 aromatic carbocycles. The highest BCUT2D eigenvalue weighted by Crippen LogP contribution is 2.29. The number of likely N-dealkylation sites (tertiary alicyclic amines) is 1. The van der Waals surface area contributed by atoms with Crippen LogP contribution in [0.5, 0.6) is 5.88 Å². The summed E-state index contributed by atoms with van der Waals surface area (Å²) in [6.07, 6.45) is -4.87. The average Bonchev–Trinajstić information content (AvgIpc) is 2.87. The third-order valence-corrected chi connectivity index (χ3v) is 4.29. The zero-order valence-electron chi connectivity index (χ0n) is 12.0. The molecule has 0 spiro atoms. The molecule has 1 amide bonds. The first-order valence-corrected chi connectivity index (χ1v) is 7.63. The second-order valence-corrected chi connectivity index (χ2v) is 5.93. The van der Waals surface area contributed by atoms with E-state index in [1.807, 2.05) is 0 Å². The van der Waals surface area contributed by atoms with Gasteiger partial charge in [-0.1, -0.05) is 6.07 Å². The number of alkyl halides is 3. The minimum atomic E-state index is -4.51. The standard InChI is InChI=1S/C14H12F3N3O2S/c1-8-12(23-7-18-8)13(21)20-5-9(6-20)22-11-4-2-3-10(19-11)14(15,16)17/h2-4,7,9H,5-6H2,1H3. The van der Waals surface area contributed by atoms with E-state index in [1.54, 1.807) is 17.3 Å². The van der Waals surface area contributed by atoms with Crippen LogP contribution in [-0.2, 0) is 6.18 Å². The first-order valence-electron chi connectivity index (χ1n) is 6.75. The van der Waals surface area contributed by atoms with Gasteiger partial charge in [0.15, 0.2) is 0 Å². The summed E-state index contributed by atoms with van der Waals surface area (Å²) >= 11 is 1.26. The van der Waals surface area contributed by atoms with Crippen LogP contribution in [0.15, 0.2) is 23.7 Å². The predicted octanol–water partition coefficient (Wildman–Crippen LogP) is 2.77. The van der Waals surface area contributed by atoms with Gasteiger partial charge in [0.05, 0.1) is 24.3 Å². The molecular formula is C14H12F3N3O2S. The molecule has 0 N–H and O–H groups in total.